The van der Waals surface area contributed by atoms with Crippen LogP contribution in [0.4, 0.5) is 5.69 Å². The predicted octanol–water partition coefficient (Wildman–Crippen LogP) is 4.74. The van der Waals surface area contributed by atoms with Crippen LogP contribution in [0.2, 0.25) is 0 Å². The Morgan fingerprint density at radius 3 is 2.24 bits per heavy atom. The van der Waals surface area contributed by atoms with Crippen LogP contribution in [-0.4, -0.2) is 5.11 Å². The molecule has 2 nitrogen and oxygen atoms in total. The lowest BCUT2D eigenvalue weighted by Gasteiger charge is -2.20. The third-order valence-corrected chi connectivity index (χ3v) is 3.61. The molecule has 0 amide bonds. The highest BCUT2D eigenvalue weighted by Gasteiger charge is 2.10. The summed E-state index contributed by atoms with van der Waals surface area (Å²) in [5.41, 5.74) is 4.75. The van der Waals surface area contributed by atoms with Gasteiger partial charge in [-0.25, -0.2) is 0 Å². The fraction of sp³-hybridized carbons (Fsp3) is 0.278. The number of hydrogen-bond donors (Lipinski definition) is 2. The maximum absolute atomic E-state index is 5.44. The van der Waals surface area contributed by atoms with Gasteiger partial charge in [-0.1, -0.05) is 43.3 Å². The van der Waals surface area contributed by atoms with Gasteiger partial charge in [0.1, 0.15) is 0 Å². The van der Waals surface area contributed by atoms with Gasteiger partial charge in [0.2, 0.25) is 0 Å². The van der Waals surface area contributed by atoms with Crippen LogP contribution < -0.4 is 10.6 Å². The smallest absolute Gasteiger partial charge is 0.171 e. The first-order chi connectivity index (χ1) is 10.1. The van der Waals surface area contributed by atoms with E-state index in [2.05, 4.69) is 73.9 Å². The van der Waals surface area contributed by atoms with Crippen LogP contribution >= 0.6 is 12.2 Å². The molecule has 0 saturated heterocycles. The fourth-order valence-electron chi connectivity index (χ4n) is 2.48. The zero-order valence-electron chi connectivity index (χ0n) is 12.8. The van der Waals surface area contributed by atoms with Crippen LogP contribution in [0, 0.1) is 13.8 Å². The molecule has 0 fully saturated rings. The first kappa shape index (κ1) is 15.5. The second kappa shape index (κ2) is 7.23. The Morgan fingerprint density at radius 2 is 1.67 bits per heavy atom. The first-order valence-corrected chi connectivity index (χ1v) is 7.70. The number of aryl methyl sites for hydroxylation is 2. The molecule has 0 aliphatic heterocycles. The van der Waals surface area contributed by atoms with Gasteiger partial charge in [0.15, 0.2) is 5.11 Å². The number of benzene rings is 2. The number of hydrogen-bond acceptors (Lipinski definition) is 1. The van der Waals surface area contributed by atoms with Gasteiger partial charge in [-0.3, -0.25) is 0 Å². The summed E-state index contributed by atoms with van der Waals surface area (Å²) in [7, 11) is 0. The summed E-state index contributed by atoms with van der Waals surface area (Å²) in [4.78, 5) is 0. The molecular weight excluding hydrogens is 276 g/mol. The maximum Gasteiger partial charge on any atom is 0.171 e. The maximum atomic E-state index is 5.44. The van der Waals surface area contributed by atoms with Gasteiger partial charge in [0.05, 0.1) is 6.04 Å². The van der Waals surface area contributed by atoms with Gasteiger partial charge in [-0.15, -0.1) is 0 Å². The average molecular weight is 298 g/mol. The van der Waals surface area contributed by atoms with Crippen molar-refractivity contribution >= 4 is 23.0 Å². The Labute approximate surface area is 132 Å². The Balaban J connectivity index is 2.03. The van der Waals surface area contributed by atoms with Crippen molar-refractivity contribution in [3.05, 3.63) is 65.2 Å². The standard InChI is InChI=1S/C18H22N2S/c1-4-17(15-8-6-5-7-9-15)20-18(21)19-16-11-13(2)10-14(3)12-16/h5-12,17H,4H2,1-3H3,(H2,19,20,21)/t17-/m1/s1. The van der Waals surface area contributed by atoms with Crippen molar-refractivity contribution in [3.8, 4) is 0 Å². The molecular formula is C18H22N2S. The van der Waals surface area contributed by atoms with E-state index in [4.69, 9.17) is 12.2 Å². The lowest BCUT2D eigenvalue weighted by Crippen LogP contribution is -2.32. The Bertz CT molecular complexity index is 588. The molecule has 0 radical (unpaired) electrons. The molecule has 0 saturated carbocycles. The number of nitrogens with one attached hydrogen (secondary N) is 2. The van der Waals surface area contributed by atoms with Gasteiger partial charge in [0, 0.05) is 5.69 Å². The van der Waals surface area contributed by atoms with Crippen LogP contribution in [0.1, 0.15) is 36.1 Å². The topological polar surface area (TPSA) is 24.1 Å². The van der Waals surface area contributed by atoms with Gasteiger partial charge < -0.3 is 10.6 Å². The van der Waals surface area contributed by atoms with Crippen LogP contribution in [0.3, 0.4) is 0 Å². The minimum absolute atomic E-state index is 0.233. The Morgan fingerprint density at radius 1 is 1.05 bits per heavy atom. The molecule has 0 aromatic heterocycles. The van der Waals surface area contributed by atoms with E-state index in [9.17, 15) is 0 Å². The molecule has 21 heavy (non-hydrogen) atoms. The van der Waals surface area contributed by atoms with E-state index in [1.807, 2.05) is 6.07 Å². The Kier molecular flexibility index (Phi) is 5.34. The highest BCUT2D eigenvalue weighted by atomic mass is 32.1. The van der Waals surface area contributed by atoms with Crippen molar-refractivity contribution in [3.63, 3.8) is 0 Å². The molecule has 0 aliphatic carbocycles. The van der Waals surface area contributed by atoms with E-state index in [0.717, 1.165) is 12.1 Å². The molecule has 3 heteroatoms. The highest BCUT2D eigenvalue weighted by molar-refractivity contribution is 7.80. The minimum atomic E-state index is 0.233. The van der Waals surface area contributed by atoms with Gasteiger partial charge >= 0.3 is 0 Å². The summed E-state index contributed by atoms with van der Waals surface area (Å²) in [6.07, 6.45) is 0.985. The van der Waals surface area contributed by atoms with Gasteiger partial charge in [-0.2, -0.15) is 0 Å². The zero-order valence-corrected chi connectivity index (χ0v) is 13.6. The van der Waals surface area contributed by atoms with E-state index >= 15 is 0 Å². The van der Waals surface area contributed by atoms with Crippen LogP contribution in [0.5, 0.6) is 0 Å². The SMILES string of the molecule is CC[C@@H](NC(=S)Nc1cc(C)cc(C)c1)c1ccccc1. The van der Waals surface area contributed by atoms with E-state index in [0.29, 0.717) is 5.11 Å². The molecule has 0 unspecified atom stereocenters. The molecule has 1 atom stereocenters. The van der Waals surface area contributed by atoms with E-state index in [1.165, 1.54) is 16.7 Å². The lowest BCUT2D eigenvalue weighted by molar-refractivity contribution is 0.629. The summed E-state index contributed by atoms with van der Waals surface area (Å²) >= 11 is 5.44. The summed E-state index contributed by atoms with van der Waals surface area (Å²) in [5, 5.41) is 7.33. The zero-order chi connectivity index (χ0) is 15.2. The molecule has 0 bridgehead atoms. The molecule has 2 N–H and O–H groups in total. The molecule has 0 spiro atoms. The van der Waals surface area contributed by atoms with Crippen molar-refractivity contribution in [2.45, 2.75) is 33.2 Å². The highest BCUT2D eigenvalue weighted by Crippen LogP contribution is 2.17. The molecule has 110 valence electrons. The second-order valence-corrected chi connectivity index (χ2v) is 5.75. The molecule has 0 aliphatic rings. The first-order valence-electron chi connectivity index (χ1n) is 7.29. The van der Waals surface area contributed by atoms with E-state index < -0.39 is 0 Å². The largest absolute Gasteiger partial charge is 0.356 e. The van der Waals surface area contributed by atoms with Crippen molar-refractivity contribution in [2.75, 3.05) is 5.32 Å². The molecule has 0 heterocycles. The van der Waals surface area contributed by atoms with Crippen molar-refractivity contribution in [2.24, 2.45) is 0 Å². The van der Waals surface area contributed by atoms with Crippen molar-refractivity contribution < 1.29 is 0 Å². The number of thiocarbonyl (C=S) groups is 1. The van der Waals surface area contributed by atoms with Gasteiger partial charge in [-0.05, 0) is 61.3 Å². The predicted molar refractivity (Wildman–Crippen MR) is 94.7 cm³/mol. The normalized spacial score (nSPS) is 11.8. The minimum Gasteiger partial charge on any atom is -0.356 e. The number of rotatable bonds is 4. The van der Waals surface area contributed by atoms with Crippen LogP contribution in [0.25, 0.3) is 0 Å². The monoisotopic (exact) mass is 298 g/mol. The third-order valence-electron chi connectivity index (χ3n) is 3.40. The van der Waals surface area contributed by atoms with Crippen LogP contribution in [0.15, 0.2) is 48.5 Å². The summed E-state index contributed by atoms with van der Waals surface area (Å²) in [5.74, 6) is 0. The average Bonchev–Trinajstić information content (AvgIpc) is 2.44. The quantitative estimate of drug-likeness (QED) is 0.797. The third kappa shape index (κ3) is 4.57. The lowest BCUT2D eigenvalue weighted by atomic mass is 10.1. The van der Waals surface area contributed by atoms with Crippen molar-refractivity contribution in [1.82, 2.24) is 5.32 Å². The summed E-state index contributed by atoms with van der Waals surface area (Å²) in [6.45, 7) is 6.34. The molecule has 2 rings (SSSR count). The van der Waals surface area contributed by atoms with E-state index in [1.54, 1.807) is 0 Å². The summed E-state index contributed by atoms with van der Waals surface area (Å²) in [6, 6.07) is 17.0. The Hall–Kier alpha value is -1.87. The van der Waals surface area contributed by atoms with Gasteiger partial charge in [0.25, 0.3) is 0 Å². The summed E-state index contributed by atoms with van der Waals surface area (Å²) < 4.78 is 0. The van der Waals surface area contributed by atoms with Crippen LogP contribution in [-0.2, 0) is 0 Å². The van der Waals surface area contributed by atoms with Crippen molar-refractivity contribution in [1.29, 1.82) is 0 Å². The number of anilines is 1. The second-order valence-electron chi connectivity index (χ2n) is 5.35. The fourth-order valence-corrected chi connectivity index (χ4v) is 2.74. The molecule has 2 aromatic rings. The van der Waals surface area contributed by atoms with E-state index in [-0.39, 0.29) is 6.04 Å². The molecule has 2 aromatic carbocycles.